The fourth-order valence-electron chi connectivity index (χ4n) is 3.38. The molecular weight excluding hydrogens is 442 g/mol. The van der Waals surface area contributed by atoms with Crippen LogP contribution in [-0.2, 0) is 10.0 Å². The molecule has 1 aliphatic rings. The number of aromatic amines is 1. The Morgan fingerprint density at radius 1 is 1.00 bits per heavy atom. The quantitative estimate of drug-likeness (QED) is 0.649. The molecule has 8 heteroatoms. The molecule has 28 heavy (non-hydrogen) atoms. The van der Waals surface area contributed by atoms with Crippen LogP contribution in [-0.4, -0.2) is 54.7 Å². The molecule has 1 N–H and O–H groups in total. The number of carbonyl (C=O) groups excluding carboxylic acids is 1. The Hall–Kier alpha value is -2.16. The fraction of sp³-hybridized carbons (Fsp3) is 0.250. The summed E-state index contributed by atoms with van der Waals surface area (Å²) >= 11 is 3.43. The van der Waals surface area contributed by atoms with Crippen LogP contribution in [0.15, 0.2) is 57.9 Å². The molecule has 1 saturated heterocycles. The van der Waals surface area contributed by atoms with E-state index in [9.17, 15) is 13.2 Å². The zero-order valence-corrected chi connectivity index (χ0v) is 17.8. The minimum absolute atomic E-state index is 0.111. The van der Waals surface area contributed by atoms with Crippen LogP contribution in [0.2, 0.25) is 0 Å². The number of fused-ring (bicyclic) bond motifs is 1. The van der Waals surface area contributed by atoms with Crippen LogP contribution in [0.4, 0.5) is 0 Å². The summed E-state index contributed by atoms with van der Waals surface area (Å²) in [6.07, 6.45) is 0. The third-order valence-corrected chi connectivity index (χ3v) is 7.40. The Bertz CT molecular complexity index is 1130. The van der Waals surface area contributed by atoms with Gasteiger partial charge in [0.25, 0.3) is 5.91 Å². The van der Waals surface area contributed by atoms with Crippen molar-refractivity contribution in [1.29, 1.82) is 0 Å². The van der Waals surface area contributed by atoms with E-state index in [0.717, 1.165) is 20.9 Å². The molecule has 4 rings (SSSR count). The van der Waals surface area contributed by atoms with E-state index in [1.54, 1.807) is 29.2 Å². The van der Waals surface area contributed by atoms with Crippen LogP contribution in [0.3, 0.4) is 0 Å². The SMILES string of the molecule is Cc1ccc(S(=O)(=O)N2CCN(C(=O)c3cc4cc(Br)ccc4[nH]3)CC2)cc1. The Labute approximate surface area is 172 Å². The number of halogens is 1. The van der Waals surface area contributed by atoms with Crippen molar-refractivity contribution >= 4 is 42.8 Å². The Kier molecular flexibility index (Phi) is 5.03. The van der Waals surface area contributed by atoms with Gasteiger partial charge in [0.15, 0.2) is 0 Å². The normalized spacial score (nSPS) is 15.9. The van der Waals surface area contributed by atoms with Crippen molar-refractivity contribution in [3.8, 4) is 0 Å². The molecule has 3 aromatic rings. The molecule has 0 atom stereocenters. The predicted molar refractivity (Wildman–Crippen MR) is 112 cm³/mol. The van der Waals surface area contributed by atoms with Gasteiger partial charge in [-0.2, -0.15) is 4.31 Å². The van der Waals surface area contributed by atoms with Gasteiger partial charge in [-0.3, -0.25) is 4.79 Å². The molecule has 0 aliphatic carbocycles. The standard InChI is InChI=1S/C20H20BrN3O3S/c1-14-2-5-17(6-3-14)28(26,27)24-10-8-23(9-11-24)20(25)19-13-15-12-16(21)4-7-18(15)22-19/h2-7,12-13,22H,8-11H2,1H3. The van der Waals surface area contributed by atoms with Crippen LogP contribution in [0.5, 0.6) is 0 Å². The van der Waals surface area contributed by atoms with Gasteiger partial charge in [0.05, 0.1) is 4.90 Å². The van der Waals surface area contributed by atoms with Gasteiger partial charge in [-0.05, 0) is 43.3 Å². The molecule has 1 aromatic heterocycles. The lowest BCUT2D eigenvalue weighted by molar-refractivity contribution is 0.0693. The molecule has 1 amide bonds. The van der Waals surface area contributed by atoms with Crippen molar-refractivity contribution in [3.05, 3.63) is 64.3 Å². The summed E-state index contributed by atoms with van der Waals surface area (Å²) in [4.78, 5) is 18.0. The third kappa shape index (κ3) is 3.59. The van der Waals surface area contributed by atoms with Gasteiger partial charge in [-0.15, -0.1) is 0 Å². The number of amides is 1. The smallest absolute Gasteiger partial charge is 0.270 e. The van der Waals surface area contributed by atoms with E-state index in [2.05, 4.69) is 20.9 Å². The van der Waals surface area contributed by atoms with Crippen LogP contribution in [0.1, 0.15) is 16.1 Å². The summed E-state index contributed by atoms with van der Waals surface area (Å²) in [5.41, 5.74) is 2.43. The number of H-pyrrole nitrogens is 1. The van der Waals surface area contributed by atoms with Crippen molar-refractivity contribution in [1.82, 2.24) is 14.2 Å². The number of piperazine rings is 1. The molecule has 146 valence electrons. The van der Waals surface area contributed by atoms with E-state index >= 15 is 0 Å². The first-order valence-electron chi connectivity index (χ1n) is 8.99. The van der Waals surface area contributed by atoms with Crippen molar-refractivity contribution in [3.63, 3.8) is 0 Å². The number of hydrogen-bond acceptors (Lipinski definition) is 3. The molecule has 2 aromatic carbocycles. The molecular formula is C20H20BrN3O3S. The van der Waals surface area contributed by atoms with Crippen molar-refractivity contribution in [2.45, 2.75) is 11.8 Å². The summed E-state index contributed by atoms with van der Waals surface area (Å²) in [5, 5.41) is 0.957. The van der Waals surface area contributed by atoms with Gasteiger partial charge in [0.2, 0.25) is 10.0 Å². The number of benzene rings is 2. The number of nitrogens with one attached hydrogen (secondary N) is 1. The molecule has 0 saturated carbocycles. The van der Waals surface area contributed by atoms with E-state index < -0.39 is 10.0 Å². The summed E-state index contributed by atoms with van der Waals surface area (Å²) in [6.45, 7) is 3.22. The Morgan fingerprint density at radius 2 is 1.68 bits per heavy atom. The monoisotopic (exact) mass is 461 g/mol. The molecule has 1 aliphatic heterocycles. The maximum atomic E-state index is 12.8. The lowest BCUT2D eigenvalue weighted by Crippen LogP contribution is -2.50. The first-order chi connectivity index (χ1) is 13.3. The number of nitrogens with zero attached hydrogens (tertiary/aromatic N) is 2. The van der Waals surface area contributed by atoms with Crippen molar-refractivity contribution in [2.75, 3.05) is 26.2 Å². The van der Waals surface area contributed by atoms with Crippen LogP contribution < -0.4 is 0 Å². The van der Waals surface area contributed by atoms with Gasteiger partial charge in [-0.25, -0.2) is 8.42 Å². The second-order valence-corrected chi connectivity index (χ2v) is 9.78. The predicted octanol–water partition coefficient (Wildman–Crippen LogP) is 3.39. The van der Waals surface area contributed by atoms with Crippen molar-refractivity contribution < 1.29 is 13.2 Å². The van der Waals surface area contributed by atoms with Crippen LogP contribution >= 0.6 is 15.9 Å². The number of sulfonamides is 1. The average Bonchev–Trinajstić information content (AvgIpc) is 3.11. The molecule has 6 nitrogen and oxygen atoms in total. The minimum Gasteiger partial charge on any atom is -0.351 e. The number of rotatable bonds is 3. The highest BCUT2D eigenvalue weighted by molar-refractivity contribution is 9.10. The molecule has 0 unspecified atom stereocenters. The largest absolute Gasteiger partial charge is 0.351 e. The number of hydrogen-bond donors (Lipinski definition) is 1. The second kappa shape index (κ2) is 7.35. The molecule has 1 fully saturated rings. The minimum atomic E-state index is -3.54. The zero-order valence-electron chi connectivity index (χ0n) is 15.4. The lowest BCUT2D eigenvalue weighted by atomic mass is 10.2. The summed E-state index contributed by atoms with van der Waals surface area (Å²) < 4.78 is 28.0. The number of aromatic nitrogens is 1. The number of aryl methyl sites for hydroxylation is 1. The van der Waals surface area contributed by atoms with E-state index in [0.29, 0.717) is 23.7 Å². The first kappa shape index (κ1) is 19.2. The lowest BCUT2D eigenvalue weighted by Gasteiger charge is -2.33. The Balaban J connectivity index is 1.47. The molecule has 0 spiro atoms. The molecule has 2 heterocycles. The topological polar surface area (TPSA) is 73.5 Å². The van der Waals surface area contributed by atoms with E-state index in [1.807, 2.05) is 31.2 Å². The maximum Gasteiger partial charge on any atom is 0.270 e. The summed E-state index contributed by atoms with van der Waals surface area (Å²) in [5.74, 6) is -0.111. The number of carbonyl (C=O) groups is 1. The third-order valence-electron chi connectivity index (χ3n) is 5.00. The molecule has 0 radical (unpaired) electrons. The van der Waals surface area contributed by atoms with Crippen LogP contribution in [0, 0.1) is 6.92 Å². The van der Waals surface area contributed by atoms with Gasteiger partial charge in [-0.1, -0.05) is 33.6 Å². The summed E-state index contributed by atoms with van der Waals surface area (Å²) in [7, 11) is -3.54. The fourth-order valence-corrected chi connectivity index (χ4v) is 5.18. The van der Waals surface area contributed by atoms with E-state index in [1.165, 1.54) is 4.31 Å². The van der Waals surface area contributed by atoms with Crippen LogP contribution in [0.25, 0.3) is 10.9 Å². The first-order valence-corrected chi connectivity index (χ1v) is 11.2. The summed E-state index contributed by atoms with van der Waals surface area (Å²) in [6, 6.07) is 14.5. The van der Waals surface area contributed by atoms with Crippen molar-refractivity contribution in [2.24, 2.45) is 0 Å². The van der Waals surface area contributed by atoms with E-state index in [-0.39, 0.29) is 19.0 Å². The molecule has 0 bridgehead atoms. The highest BCUT2D eigenvalue weighted by Crippen LogP contribution is 2.22. The zero-order chi connectivity index (χ0) is 19.9. The van der Waals surface area contributed by atoms with Gasteiger partial charge in [0.1, 0.15) is 5.69 Å². The highest BCUT2D eigenvalue weighted by Gasteiger charge is 2.30. The van der Waals surface area contributed by atoms with Gasteiger partial charge >= 0.3 is 0 Å². The highest BCUT2D eigenvalue weighted by atomic mass is 79.9. The van der Waals surface area contributed by atoms with Gasteiger partial charge in [0, 0.05) is 41.6 Å². The van der Waals surface area contributed by atoms with Gasteiger partial charge < -0.3 is 9.88 Å². The van der Waals surface area contributed by atoms with E-state index in [4.69, 9.17) is 0 Å². The Morgan fingerprint density at radius 3 is 2.36 bits per heavy atom. The average molecular weight is 462 g/mol. The maximum absolute atomic E-state index is 12.8. The second-order valence-electron chi connectivity index (χ2n) is 6.92.